The number of nitrogens with zero attached hydrogens (tertiary/aromatic N) is 1. The number of hydrogen-bond acceptors (Lipinski definition) is 4. The number of likely N-dealkylation sites (tertiary alicyclic amines) is 1. The van der Waals surface area contributed by atoms with Crippen LogP contribution in [0, 0.1) is 18.8 Å². The van der Waals surface area contributed by atoms with Crippen molar-refractivity contribution in [2.45, 2.75) is 45.6 Å². The minimum atomic E-state index is -0.361. The van der Waals surface area contributed by atoms with Gasteiger partial charge in [-0.2, -0.15) is 0 Å². The molecule has 1 spiro atoms. The number of carbonyl (C=O) groups excluding carboxylic acids is 2. The summed E-state index contributed by atoms with van der Waals surface area (Å²) in [6.45, 7) is 11.5. The third-order valence-corrected chi connectivity index (χ3v) is 6.21. The molecule has 1 saturated carbocycles. The fourth-order valence-corrected chi connectivity index (χ4v) is 5.04. The largest absolute Gasteiger partial charge is 0.465 e. The van der Waals surface area contributed by atoms with Crippen LogP contribution in [0.4, 0.5) is 0 Å². The van der Waals surface area contributed by atoms with E-state index in [1.54, 1.807) is 6.08 Å². The van der Waals surface area contributed by atoms with Crippen molar-refractivity contribution in [1.29, 1.82) is 0 Å². The Kier molecular flexibility index (Phi) is 2.79. The zero-order chi connectivity index (χ0) is 17.6. The van der Waals surface area contributed by atoms with Gasteiger partial charge >= 0.3 is 5.97 Å². The van der Waals surface area contributed by atoms with Gasteiger partial charge in [0.1, 0.15) is 0 Å². The molecule has 1 aromatic heterocycles. The van der Waals surface area contributed by atoms with Crippen molar-refractivity contribution in [3.05, 3.63) is 34.3 Å². The van der Waals surface area contributed by atoms with Crippen LogP contribution in [0.1, 0.15) is 59.8 Å². The Morgan fingerprint density at radius 3 is 2.67 bits per heavy atom. The lowest BCUT2D eigenvalue weighted by atomic mass is 9.80. The monoisotopic (exact) mass is 328 g/mol. The molecular weight excluding hydrogens is 304 g/mol. The number of ether oxygens (including phenoxy) is 1. The molecule has 0 bridgehead atoms. The van der Waals surface area contributed by atoms with Gasteiger partial charge < -0.3 is 14.6 Å². The first-order valence-electron chi connectivity index (χ1n) is 8.51. The lowest BCUT2D eigenvalue weighted by Crippen LogP contribution is -2.43. The third-order valence-electron chi connectivity index (χ3n) is 6.21. The molecule has 1 saturated heterocycles. The van der Waals surface area contributed by atoms with Crippen molar-refractivity contribution < 1.29 is 14.3 Å². The Labute approximate surface area is 142 Å². The Morgan fingerprint density at radius 2 is 2.08 bits per heavy atom. The summed E-state index contributed by atoms with van der Waals surface area (Å²) >= 11 is 0. The number of methoxy groups -OCH3 is 1. The van der Waals surface area contributed by atoms with E-state index < -0.39 is 0 Å². The summed E-state index contributed by atoms with van der Waals surface area (Å²) in [7, 11) is 1.39. The van der Waals surface area contributed by atoms with Crippen LogP contribution in [0.5, 0.6) is 0 Å². The highest BCUT2D eigenvalue weighted by molar-refractivity contribution is 6.10. The number of nitrogens with one attached hydrogen (secondary N) is 1. The van der Waals surface area contributed by atoms with Gasteiger partial charge in [0.2, 0.25) is 5.78 Å². The zero-order valence-corrected chi connectivity index (χ0v) is 15.1. The molecule has 5 heteroatoms. The Bertz CT molecular complexity index is 811. The number of aromatic nitrogens is 1. The summed E-state index contributed by atoms with van der Waals surface area (Å²) in [5.41, 5.74) is 3.52. The van der Waals surface area contributed by atoms with Crippen molar-refractivity contribution >= 4 is 11.8 Å². The predicted molar refractivity (Wildman–Crippen MR) is 90.1 cm³/mol. The summed E-state index contributed by atoms with van der Waals surface area (Å²) in [5, 5.41) is 0. The van der Waals surface area contributed by atoms with Gasteiger partial charge in [0.25, 0.3) is 0 Å². The number of esters is 1. The standard InChI is InChI=1S/C19H24N2O3/c1-9-11-8-21(18(3,4)5)13-7-12(22)16-15(19(9,11)13)14(10(2)20-16)17(23)24-6/h7,9,11,20H,8H2,1-6H3/t9-,11?,19?/m1/s1. The Hall–Kier alpha value is -2.04. The number of fused-ring (bicyclic) bond motifs is 1. The Morgan fingerprint density at radius 1 is 1.42 bits per heavy atom. The molecule has 1 aromatic rings. The van der Waals surface area contributed by atoms with E-state index in [0.717, 1.165) is 23.5 Å². The average Bonchev–Trinajstić information content (AvgIpc) is 2.82. The topological polar surface area (TPSA) is 62.4 Å². The minimum Gasteiger partial charge on any atom is -0.465 e. The van der Waals surface area contributed by atoms with E-state index in [1.807, 2.05) is 6.92 Å². The highest BCUT2D eigenvalue weighted by Crippen LogP contribution is 2.72. The lowest BCUT2D eigenvalue weighted by molar-refractivity contribution is 0.0598. The van der Waals surface area contributed by atoms with E-state index in [0.29, 0.717) is 23.1 Å². The number of aryl methyl sites for hydroxylation is 1. The molecule has 128 valence electrons. The summed E-state index contributed by atoms with van der Waals surface area (Å²) < 4.78 is 5.01. The molecule has 0 aromatic carbocycles. The van der Waals surface area contributed by atoms with Crippen LogP contribution >= 0.6 is 0 Å². The predicted octanol–water partition coefficient (Wildman–Crippen LogP) is 2.81. The normalized spacial score (nSPS) is 30.5. The van der Waals surface area contributed by atoms with Gasteiger partial charge in [0, 0.05) is 40.5 Å². The maximum Gasteiger partial charge on any atom is 0.340 e. The SMILES string of the molecule is COC(=O)c1c(C)[nH]c2c1C13C(=CC2=O)N(C(C)(C)C)CC1[C@H]3C. The van der Waals surface area contributed by atoms with Crippen molar-refractivity contribution in [1.82, 2.24) is 9.88 Å². The van der Waals surface area contributed by atoms with Gasteiger partial charge in [0.05, 0.1) is 18.4 Å². The number of piperidine rings is 1. The fraction of sp³-hybridized carbons (Fsp3) is 0.579. The van der Waals surface area contributed by atoms with Crippen molar-refractivity contribution in [3.63, 3.8) is 0 Å². The van der Waals surface area contributed by atoms with Gasteiger partial charge in [-0.05, 0) is 39.5 Å². The van der Waals surface area contributed by atoms with E-state index in [4.69, 9.17) is 4.74 Å². The number of H-pyrrole nitrogens is 1. The van der Waals surface area contributed by atoms with E-state index in [1.165, 1.54) is 7.11 Å². The molecule has 2 aliphatic carbocycles. The maximum absolute atomic E-state index is 12.8. The molecule has 2 unspecified atom stereocenters. The first kappa shape index (κ1) is 15.5. The maximum atomic E-state index is 12.8. The van der Waals surface area contributed by atoms with Gasteiger partial charge in [0.15, 0.2) is 0 Å². The zero-order valence-electron chi connectivity index (χ0n) is 15.1. The smallest absolute Gasteiger partial charge is 0.340 e. The molecule has 0 amide bonds. The number of rotatable bonds is 1. The fourth-order valence-electron chi connectivity index (χ4n) is 5.04. The summed E-state index contributed by atoms with van der Waals surface area (Å²) in [4.78, 5) is 30.7. The molecule has 1 aliphatic heterocycles. The van der Waals surface area contributed by atoms with E-state index in [9.17, 15) is 9.59 Å². The van der Waals surface area contributed by atoms with Crippen molar-refractivity contribution in [2.75, 3.05) is 13.7 Å². The average molecular weight is 328 g/mol. The quantitative estimate of drug-likeness (QED) is 0.805. The van der Waals surface area contributed by atoms with Crippen molar-refractivity contribution in [2.24, 2.45) is 11.8 Å². The molecule has 0 radical (unpaired) electrons. The van der Waals surface area contributed by atoms with Gasteiger partial charge in [-0.15, -0.1) is 0 Å². The van der Waals surface area contributed by atoms with Crippen LogP contribution in [0.2, 0.25) is 0 Å². The number of carbonyl (C=O) groups is 2. The lowest BCUT2D eigenvalue weighted by Gasteiger charge is -2.40. The number of hydrogen-bond donors (Lipinski definition) is 1. The van der Waals surface area contributed by atoms with Crippen molar-refractivity contribution in [3.8, 4) is 0 Å². The number of allylic oxidation sites excluding steroid dienone is 2. The highest BCUT2D eigenvalue weighted by atomic mass is 16.5. The Balaban J connectivity index is 1.98. The molecule has 24 heavy (non-hydrogen) atoms. The highest BCUT2D eigenvalue weighted by Gasteiger charge is 2.74. The number of aromatic amines is 1. The van der Waals surface area contributed by atoms with Crippen LogP contribution < -0.4 is 0 Å². The van der Waals surface area contributed by atoms with Crippen LogP contribution in [0.25, 0.3) is 0 Å². The number of ketones is 1. The van der Waals surface area contributed by atoms with Crippen LogP contribution in [-0.2, 0) is 10.2 Å². The molecule has 5 nitrogen and oxygen atoms in total. The molecule has 2 fully saturated rings. The van der Waals surface area contributed by atoms with E-state index in [2.05, 4.69) is 37.6 Å². The second-order valence-corrected chi connectivity index (χ2v) is 8.31. The van der Waals surface area contributed by atoms with Crippen LogP contribution in [-0.4, -0.2) is 40.8 Å². The summed E-state index contributed by atoms with van der Waals surface area (Å²) in [6.07, 6.45) is 1.79. The molecule has 1 N–H and O–H groups in total. The molecule has 4 rings (SSSR count). The second kappa shape index (κ2) is 4.32. The summed E-state index contributed by atoms with van der Waals surface area (Å²) in [5.74, 6) is 0.458. The minimum absolute atomic E-state index is 0.0436. The second-order valence-electron chi connectivity index (χ2n) is 8.31. The molecule has 3 atom stereocenters. The third kappa shape index (κ3) is 1.55. The van der Waals surface area contributed by atoms with Crippen LogP contribution in [0.15, 0.2) is 11.8 Å². The molecule has 3 aliphatic rings. The molecule has 2 heterocycles. The van der Waals surface area contributed by atoms with E-state index in [-0.39, 0.29) is 22.7 Å². The molecular formula is C19H24N2O3. The van der Waals surface area contributed by atoms with Crippen LogP contribution in [0.3, 0.4) is 0 Å². The van der Waals surface area contributed by atoms with Gasteiger partial charge in [-0.3, -0.25) is 4.79 Å². The van der Waals surface area contributed by atoms with Gasteiger partial charge in [-0.1, -0.05) is 6.92 Å². The van der Waals surface area contributed by atoms with Gasteiger partial charge in [-0.25, -0.2) is 4.79 Å². The summed E-state index contributed by atoms with van der Waals surface area (Å²) in [6, 6.07) is 0. The van der Waals surface area contributed by atoms with E-state index >= 15 is 0 Å². The first-order valence-corrected chi connectivity index (χ1v) is 8.51. The first-order chi connectivity index (χ1) is 11.2.